The monoisotopic (exact) mass is 356 g/mol. The molecule has 0 heterocycles. The van der Waals surface area contributed by atoms with Gasteiger partial charge >= 0.3 is 0 Å². The van der Waals surface area contributed by atoms with Crippen LogP contribution in [0.4, 0.5) is 0 Å². The van der Waals surface area contributed by atoms with Gasteiger partial charge in [0.15, 0.2) is 0 Å². The quantitative estimate of drug-likeness (QED) is 0.570. The lowest BCUT2D eigenvalue weighted by molar-refractivity contribution is -0.0865. The topological polar surface area (TPSA) is 27.7 Å². The molecule has 1 aromatic carbocycles. The molecule has 0 aromatic heterocycles. The van der Waals surface area contributed by atoms with Crippen LogP contribution < -0.4 is 4.74 Å². The summed E-state index contributed by atoms with van der Waals surface area (Å²) in [7, 11) is 1.68. The lowest BCUT2D eigenvalue weighted by Crippen LogP contribution is -2.52. The van der Waals surface area contributed by atoms with Gasteiger partial charge in [-0.1, -0.05) is 48.8 Å². The van der Waals surface area contributed by atoms with Crippen molar-refractivity contribution in [2.24, 2.45) is 0 Å². The summed E-state index contributed by atoms with van der Waals surface area (Å²) in [5.41, 5.74) is 1.48. The Bertz CT molecular complexity index is 438. The molecule has 1 fully saturated rings. The average Bonchev–Trinajstić information content (AvgIpc) is 2.42. The number of ether oxygens (including phenoxy) is 3. The Morgan fingerprint density at radius 3 is 2.33 bits per heavy atom. The second-order valence-corrected chi connectivity index (χ2v) is 7.69. The van der Waals surface area contributed by atoms with Crippen LogP contribution in [-0.4, -0.2) is 37.4 Å². The first-order chi connectivity index (χ1) is 9.91. The van der Waals surface area contributed by atoms with E-state index in [0.717, 1.165) is 12.2 Å². The normalized spacial score (nSPS) is 25.5. The van der Waals surface area contributed by atoms with Crippen molar-refractivity contribution in [3.63, 3.8) is 0 Å². The van der Waals surface area contributed by atoms with Crippen molar-refractivity contribution >= 4 is 15.9 Å². The van der Waals surface area contributed by atoms with Crippen molar-refractivity contribution in [2.75, 3.05) is 20.3 Å². The Hall–Kier alpha value is -0.580. The Morgan fingerprint density at radius 1 is 1.14 bits per heavy atom. The fraction of sp³-hybridized carbons (Fsp3) is 0.647. The molecule has 3 unspecified atom stereocenters. The molecule has 1 aliphatic rings. The van der Waals surface area contributed by atoms with Gasteiger partial charge in [0, 0.05) is 18.4 Å². The number of hydrogen-bond acceptors (Lipinski definition) is 3. The van der Waals surface area contributed by atoms with Gasteiger partial charge in [-0.05, 0) is 23.1 Å². The number of alkyl halides is 1. The SMILES string of the molecule is COCCOC1C(Br)CC1Oc1ccc(C(C)(C)C)cc1. The maximum Gasteiger partial charge on any atom is 0.127 e. The van der Waals surface area contributed by atoms with E-state index >= 15 is 0 Å². The van der Waals surface area contributed by atoms with E-state index < -0.39 is 0 Å². The highest BCUT2D eigenvalue weighted by atomic mass is 79.9. The van der Waals surface area contributed by atoms with E-state index in [4.69, 9.17) is 14.2 Å². The van der Waals surface area contributed by atoms with Crippen molar-refractivity contribution in [3.8, 4) is 5.75 Å². The van der Waals surface area contributed by atoms with Crippen LogP contribution in [0.3, 0.4) is 0 Å². The van der Waals surface area contributed by atoms with E-state index in [9.17, 15) is 0 Å². The van der Waals surface area contributed by atoms with Crippen molar-refractivity contribution in [1.29, 1.82) is 0 Å². The van der Waals surface area contributed by atoms with Gasteiger partial charge in [-0.3, -0.25) is 0 Å². The summed E-state index contributed by atoms with van der Waals surface area (Å²) >= 11 is 3.62. The van der Waals surface area contributed by atoms with Gasteiger partial charge in [0.2, 0.25) is 0 Å². The molecule has 4 heteroatoms. The zero-order valence-electron chi connectivity index (χ0n) is 13.3. The first-order valence-corrected chi connectivity index (χ1v) is 8.35. The summed E-state index contributed by atoms with van der Waals surface area (Å²) in [6.07, 6.45) is 1.19. The molecule has 3 nitrogen and oxygen atoms in total. The third-order valence-corrected chi connectivity index (χ3v) is 4.68. The van der Waals surface area contributed by atoms with Gasteiger partial charge in [0.1, 0.15) is 18.0 Å². The lowest BCUT2D eigenvalue weighted by atomic mass is 9.87. The van der Waals surface area contributed by atoms with Crippen LogP contribution in [-0.2, 0) is 14.9 Å². The number of benzene rings is 1. The first kappa shape index (κ1) is 16.8. The highest BCUT2D eigenvalue weighted by Crippen LogP contribution is 2.34. The largest absolute Gasteiger partial charge is 0.488 e. The summed E-state index contributed by atoms with van der Waals surface area (Å²) in [6, 6.07) is 8.38. The molecule has 0 N–H and O–H groups in total. The van der Waals surface area contributed by atoms with Crippen LogP contribution in [0.5, 0.6) is 5.75 Å². The number of hydrogen-bond donors (Lipinski definition) is 0. The molecule has 0 bridgehead atoms. The summed E-state index contributed by atoms with van der Waals surface area (Å²) in [6.45, 7) is 7.85. The fourth-order valence-electron chi connectivity index (χ4n) is 2.33. The molecule has 0 spiro atoms. The third-order valence-electron chi connectivity index (χ3n) is 3.79. The average molecular weight is 357 g/mol. The summed E-state index contributed by atoms with van der Waals surface area (Å²) in [5, 5.41) is 0. The molecule has 0 saturated heterocycles. The van der Waals surface area contributed by atoms with Gasteiger partial charge < -0.3 is 14.2 Å². The van der Waals surface area contributed by atoms with Crippen LogP contribution in [0, 0.1) is 0 Å². The first-order valence-electron chi connectivity index (χ1n) is 7.43. The number of rotatable bonds is 6. The highest BCUT2D eigenvalue weighted by Gasteiger charge is 2.42. The molecule has 1 aliphatic carbocycles. The van der Waals surface area contributed by atoms with Gasteiger partial charge in [-0.2, -0.15) is 0 Å². The molecule has 0 aliphatic heterocycles. The van der Waals surface area contributed by atoms with E-state index in [1.165, 1.54) is 5.56 Å². The van der Waals surface area contributed by atoms with Crippen LogP contribution in [0.2, 0.25) is 0 Å². The van der Waals surface area contributed by atoms with Crippen LogP contribution in [0.15, 0.2) is 24.3 Å². The van der Waals surface area contributed by atoms with E-state index in [0.29, 0.717) is 18.0 Å². The maximum atomic E-state index is 6.04. The molecule has 2 rings (SSSR count). The van der Waals surface area contributed by atoms with Gasteiger partial charge in [0.05, 0.1) is 13.2 Å². The smallest absolute Gasteiger partial charge is 0.127 e. The predicted octanol–water partition coefficient (Wildman–Crippen LogP) is 3.93. The van der Waals surface area contributed by atoms with Crippen LogP contribution in [0.25, 0.3) is 0 Å². The highest BCUT2D eigenvalue weighted by molar-refractivity contribution is 9.09. The van der Waals surface area contributed by atoms with Crippen molar-refractivity contribution in [1.82, 2.24) is 0 Å². The zero-order valence-corrected chi connectivity index (χ0v) is 14.9. The molecule has 0 amide bonds. The number of methoxy groups -OCH3 is 1. The minimum absolute atomic E-state index is 0.0995. The molecule has 0 radical (unpaired) electrons. The third kappa shape index (κ3) is 4.44. The lowest BCUT2D eigenvalue weighted by Gasteiger charge is -2.41. The standard InChI is InChI=1S/C17H25BrO3/c1-17(2,3)12-5-7-13(8-6-12)21-15-11-14(18)16(15)20-10-9-19-4/h5-8,14-16H,9-11H2,1-4H3. The van der Waals surface area contributed by atoms with Gasteiger partial charge in [0.25, 0.3) is 0 Å². The Morgan fingerprint density at radius 2 is 1.81 bits per heavy atom. The maximum absolute atomic E-state index is 6.04. The molecule has 118 valence electrons. The molecular formula is C17H25BrO3. The van der Waals surface area contributed by atoms with E-state index in [2.05, 4.69) is 48.8 Å². The molecule has 3 atom stereocenters. The van der Waals surface area contributed by atoms with E-state index in [1.54, 1.807) is 7.11 Å². The van der Waals surface area contributed by atoms with Crippen molar-refractivity contribution in [2.45, 2.75) is 49.6 Å². The Balaban J connectivity index is 1.89. The Labute approximate surface area is 136 Å². The molecular weight excluding hydrogens is 332 g/mol. The summed E-state index contributed by atoms with van der Waals surface area (Å²) < 4.78 is 16.8. The minimum Gasteiger partial charge on any atom is -0.488 e. The van der Waals surface area contributed by atoms with Crippen molar-refractivity contribution in [3.05, 3.63) is 29.8 Å². The second-order valence-electron chi connectivity index (χ2n) is 6.51. The predicted molar refractivity (Wildman–Crippen MR) is 88.5 cm³/mol. The summed E-state index contributed by atoms with van der Waals surface area (Å²) in [5.74, 6) is 0.910. The second kappa shape index (κ2) is 7.12. The zero-order chi connectivity index (χ0) is 15.5. The molecule has 21 heavy (non-hydrogen) atoms. The van der Waals surface area contributed by atoms with E-state index in [-0.39, 0.29) is 17.6 Å². The van der Waals surface area contributed by atoms with Crippen molar-refractivity contribution < 1.29 is 14.2 Å². The molecule has 1 aromatic rings. The van der Waals surface area contributed by atoms with Gasteiger partial charge in [-0.15, -0.1) is 0 Å². The summed E-state index contributed by atoms with van der Waals surface area (Å²) in [4.78, 5) is 0.369. The van der Waals surface area contributed by atoms with Gasteiger partial charge in [-0.25, -0.2) is 0 Å². The Kier molecular flexibility index (Phi) is 5.69. The fourth-order valence-corrected chi connectivity index (χ4v) is 3.19. The minimum atomic E-state index is 0.0995. The number of halogens is 1. The van der Waals surface area contributed by atoms with E-state index in [1.807, 2.05) is 12.1 Å². The van der Waals surface area contributed by atoms with Crippen LogP contribution >= 0.6 is 15.9 Å². The molecule has 1 saturated carbocycles. The van der Waals surface area contributed by atoms with Crippen LogP contribution in [0.1, 0.15) is 32.8 Å².